The number of nitrogens with one attached hydrogen (secondary N) is 1. The molecule has 0 unspecified atom stereocenters. The quantitative estimate of drug-likeness (QED) is 0.757. The minimum atomic E-state index is -0.134. The number of nitrogens with zero attached hydrogens (tertiary/aromatic N) is 5. The average molecular weight is 378 g/mol. The van der Waals surface area contributed by atoms with Crippen molar-refractivity contribution >= 4 is 11.7 Å². The summed E-state index contributed by atoms with van der Waals surface area (Å²) >= 11 is 0. The van der Waals surface area contributed by atoms with E-state index in [4.69, 9.17) is 4.74 Å². The van der Waals surface area contributed by atoms with Crippen LogP contribution in [0.1, 0.15) is 24.1 Å². The second kappa shape index (κ2) is 7.30. The number of hydrogen-bond acceptors (Lipinski definition) is 5. The Kier molecular flexibility index (Phi) is 4.68. The van der Waals surface area contributed by atoms with Crippen LogP contribution in [0.5, 0.6) is 5.75 Å². The predicted octanol–water partition coefficient (Wildman–Crippen LogP) is 3.04. The molecule has 2 aromatic carbocycles. The van der Waals surface area contributed by atoms with Gasteiger partial charge >= 0.3 is 6.03 Å². The number of benzene rings is 2. The Labute approximate surface area is 163 Å². The molecule has 3 aromatic rings. The highest BCUT2D eigenvalue weighted by atomic mass is 16.5. The van der Waals surface area contributed by atoms with Crippen LogP contribution in [0.15, 0.2) is 42.5 Å². The Morgan fingerprint density at radius 2 is 2.11 bits per heavy atom. The van der Waals surface area contributed by atoms with Crippen molar-refractivity contribution in [3.05, 3.63) is 53.6 Å². The summed E-state index contributed by atoms with van der Waals surface area (Å²) in [5.41, 5.74) is 3.87. The van der Waals surface area contributed by atoms with Crippen LogP contribution in [0.25, 0.3) is 11.4 Å². The van der Waals surface area contributed by atoms with Crippen LogP contribution in [0.3, 0.4) is 0 Å². The molecule has 0 saturated carbocycles. The van der Waals surface area contributed by atoms with Crippen LogP contribution < -0.4 is 10.1 Å². The minimum absolute atomic E-state index is 0.0383. The molecule has 144 valence electrons. The zero-order chi connectivity index (χ0) is 19.7. The molecule has 2 heterocycles. The summed E-state index contributed by atoms with van der Waals surface area (Å²) in [4.78, 5) is 16.2. The number of rotatable bonds is 3. The van der Waals surface area contributed by atoms with E-state index in [2.05, 4.69) is 26.8 Å². The van der Waals surface area contributed by atoms with Crippen molar-refractivity contribution in [3.63, 3.8) is 0 Å². The van der Waals surface area contributed by atoms with Crippen molar-refractivity contribution in [3.8, 4) is 17.1 Å². The fourth-order valence-electron chi connectivity index (χ4n) is 3.53. The number of aromatic nitrogens is 4. The first kappa shape index (κ1) is 18.0. The molecule has 0 aliphatic carbocycles. The van der Waals surface area contributed by atoms with E-state index < -0.39 is 0 Å². The second-order valence-corrected chi connectivity index (χ2v) is 6.80. The minimum Gasteiger partial charge on any atom is -0.497 e. The van der Waals surface area contributed by atoms with Gasteiger partial charge in [-0.05, 0) is 54.0 Å². The zero-order valence-corrected chi connectivity index (χ0v) is 16.1. The number of anilines is 1. The van der Waals surface area contributed by atoms with Crippen LogP contribution in [0.4, 0.5) is 10.5 Å². The van der Waals surface area contributed by atoms with E-state index in [0.29, 0.717) is 18.1 Å². The Balaban J connectivity index is 1.52. The van der Waals surface area contributed by atoms with Crippen LogP contribution in [-0.2, 0) is 13.5 Å². The molecule has 0 spiro atoms. The van der Waals surface area contributed by atoms with Gasteiger partial charge < -0.3 is 15.0 Å². The summed E-state index contributed by atoms with van der Waals surface area (Å²) in [6.45, 7) is 2.70. The van der Waals surface area contributed by atoms with Gasteiger partial charge in [0.1, 0.15) is 5.75 Å². The molecule has 8 nitrogen and oxygen atoms in total. The lowest BCUT2D eigenvalue weighted by Gasteiger charge is -2.35. The molecular weight excluding hydrogens is 356 g/mol. The molecular formula is C20H22N6O2. The fraction of sp³-hybridized carbons (Fsp3) is 0.300. The summed E-state index contributed by atoms with van der Waals surface area (Å²) < 4.78 is 5.34. The Hall–Kier alpha value is -3.42. The number of urea groups is 1. The number of methoxy groups -OCH3 is 1. The number of aryl methyl sites for hydroxylation is 1. The first-order valence-electron chi connectivity index (χ1n) is 9.14. The summed E-state index contributed by atoms with van der Waals surface area (Å²) in [6.07, 6.45) is 0.820. The lowest BCUT2D eigenvalue weighted by atomic mass is 9.93. The van der Waals surface area contributed by atoms with E-state index in [1.165, 1.54) is 10.4 Å². The van der Waals surface area contributed by atoms with E-state index in [1.807, 2.05) is 48.2 Å². The molecule has 1 aliphatic heterocycles. The fourth-order valence-corrected chi connectivity index (χ4v) is 3.53. The Bertz CT molecular complexity index is 1020. The monoisotopic (exact) mass is 378 g/mol. The van der Waals surface area contributed by atoms with Gasteiger partial charge in [-0.1, -0.05) is 18.2 Å². The lowest BCUT2D eigenvalue weighted by Crippen LogP contribution is -2.41. The lowest BCUT2D eigenvalue weighted by molar-refractivity contribution is 0.188. The van der Waals surface area contributed by atoms with E-state index in [-0.39, 0.29) is 12.1 Å². The molecule has 8 heteroatoms. The molecule has 0 fully saturated rings. The molecule has 1 aromatic heterocycles. The van der Waals surface area contributed by atoms with Gasteiger partial charge in [0.15, 0.2) is 0 Å². The predicted molar refractivity (Wildman–Crippen MR) is 105 cm³/mol. The molecule has 2 amide bonds. The van der Waals surface area contributed by atoms with Gasteiger partial charge in [-0.3, -0.25) is 0 Å². The number of fused-ring (bicyclic) bond motifs is 1. The van der Waals surface area contributed by atoms with Crippen LogP contribution in [0, 0.1) is 0 Å². The van der Waals surface area contributed by atoms with Gasteiger partial charge in [0.2, 0.25) is 5.82 Å². The van der Waals surface area contributed by atoms with Gasteiger partial charge in [-0.25, -0.2) is 4.79 Å². The van der Waals surface area contributed by atoms with Gasteiger partial charge in [0.05, 0.1) is 20.2 Å². The van der Waals surface area contributed by atoms with Gasteiger partial charge in [0.25, 0.3) is 0 Å². The molecule has 1 atom stereocenters. The van der Waals surface area contributed by atoms with Crippen molar-refractivity contribution in [1.82, 2.24) is 25.1 Å². The van der Waals surface area contributed by atoms with Crippen molar-refractivity contribution in [2.45, 2.75) is 19.4 Å². The molecule has 1 N–H and O–H groups in total. The van der Waals surface area contributed by atoms with Gasteiger partial charge in [-0.2, -0.15) is 4.80 Å². The Morgan fingerprint density at radius 3 is 2.86 bits per heavy atom. The first-order valence-corrected chi connectivity index (χ1v) is 9.14. The van der Waals surface area contributed by atoms with E-state index >= 15 is 0 Å². The molecule has 0 bridgehead atoms. The van der Waals surface area contributed by atoms with E-state index in [9.17, 15) is 4.79 Å². The average Bonchev–Trinajstić information content (AvgIpc) is 3.14. The largest absolute Gasteiger partial charge is 0.497 e. The smallest absolute Gasteiger partial charge is 0.322 e. The van der Waals surface area contributed by atoms with E-state index in [1.54, 1.807) is 14.2 Å². The third-order valence-corrected chi connectivity index (χ3v) is 5.03. The first-order chi connectivity index (χ1) is 13.5. The zero-order valence-electron chi connectivity index (χ0n) is 16.1. The van der Waals surface area contributed by atoms with Crippen LogP contribution >= 0.6 is 0 Å². The van der Waals surface area contributed by atoms with Crippen molar-refractivity contribution in [2.75, 3.05) is 19.0 Å². The van der Waals surface area contributed by atoms with Crippen molar-refractivity contribution in [2.24, 2.45) is 7.05 Å². The second-order valence-electron chi connectivity index (χ2n) is 6.80. The maximum atomic E-state index is 12.9. The van der Waals surface area contributed by atoms with Crippen LogP contribution in [-0.4, -0.2) is 44.8 Å². The number of carbonyl (C=O) groups excluding carboxylic acids is 1. The van der Waals surface area contributed by atoms with E-state index in [0.717, 1.165) is 23.3 Å². The standard InChI is InChI=1S/C20H22N6O2/c1-13-18-12-17(28-3)8-7-14(18)9-10-26(13)20(27)21-16-6-4-5-15(11-16)19-22-24-25(2)23-19/h4-8,11-13H,9-10H2,1-3H3,(H,21,27)/t13-/m1/s1. The normalized spacial score (nSPS) is 15.8. The summed E-state index contributed by atoms with van der Waals surface area (Å²) in [5.74, 6) is 1.32. The molecule has 0 radical (unpaired) electrons. The Morgan fingerprint density at radius 1 is 1.25 bits per heavy atom. The molecule has 0 saturated heterocycles. The topological polar surface area (TPSA) is 85.2 Å². The van der Waals surface area contributed by atoms with Crippen molar-refractivity contribution in [1.29, 1.82) is 0 Å². The van der Waals surface area contributed by atoms with Crippen LogP contribution in [0.2, 0.25) is 0 Å². The number of amides is 2. The highest BCUT2D eigenvalue weighted by molar-refractivity contribution is 5.90. The maximum absolute atomic E-state index is 12.9. The summed E-state index contributed by atoms with van der Waals surface area (Å²) in [6, 6.07) is 13.3. The van der Waals surface area contributed by atoms with Gasteiger partial charge in [-0.15, -0.1) is 10.2 Å². The summed E-state index contributed by atoms with van der Waals surface area (Å²) in [5, 5.41) is 15.1. The number of hydrogen-bond donors (Lipinski definition) is 1. The highest BCUT2D eigenvalue weighted by Gasteiger charge is 2.28. The SMILES string of the molecule is COc1ccc2c(c1)[C@@H](C)N(C(=O)Nc1cccc(-c3nnn(C)n3)c1)CC2. The molecule has 28 heavy (non-hydrogen) atoms. The number of tetrazole rings is 1. The molecule has 1 aliphatic rings. The highest BCUT2D eigenvalue weighted by Crippen LogP contribution is 2.32. The third-order valence-electron chi connectivity index (χ3n) is 5.03. The van der Waals surface area contributed by atoms with Gasteiger partial charge in [0, 0.05) is 17.8 Å². The third kappa shape index (κ3) is 3.40. The number of carbonyl (C=O) groups is 1. The molecule has 4 rings (SSSR count). The number of ether oxygens (including phenoxy) is 1. The maximum Gasteiger partial charge on any atom is 0.322 e. The van der Waals surface area contributed by atoms with Crippen molar-refractivity contribution < 1.29 is 9.53 Å². The summed E-state index contributed by atoms with van der Waals surface area (Å²) in [7, 11) is 3.37.